The van der Waals surface area contributed by atoms with Crippen LogP contribution in [0.5, 0.6) is 5.75 Å². The second-order valence-electron chi connectivity index (χ2n) is 10.2. The van der Waals surface area contributed by atoms with E-state index in [4.69, 9.17) is 4.74 Å². The summed E-state index contributed by atoms with van der Waals surface area (Å²) in [5.74, 6) is 0.694. The molecule has 0 saturated carbocycles. The molecule has 0 radical (unpaired) electrons. The fourth-order valence-electron chi connectivity index (χ4n) is 5.59. The first-order chi connectivity index (χ1) is 17.6. The summed E-state index contributed by atoms with van der Waals surface area (Å²) in [6.07, 6.45) is 11.3. The molecule has 36 heavy (non-hydrogen) atoms. The molecule has 2 saturated heterocycles. The van der Waals surface area contributed by atoms with Crippen molar-refractivity contribution in [2.75, 3.05) is 32.7 Å². The summed E-state index contributed by atoms with van der Waals surface area (Å²) in [6, 6.07) is 6.91. The average molecular weight is 493 g/mol. The predicted octanol–water partition coefficient (Wildman–Crippen LogP) is 4.85. The van der Waals surface area contributed by atoms with Crippen molar-refractivity contribution >= 4 is 10.8 Å². The van der Waals surface area contributed by atoms with Crippen LogP contribution in [-0.4, -0.2) is 53.3 Å². The van der Waals surface area contributed by atoms with Gasteiger partial charge >= 0.3 is 0 Å². The van der Waals surface area contributed by atoms with Gasteiger partial charge in [0.05, 0.1) is 5.39 Å². The summed E-state index contributed by atoms with van der Waals surface area (Å²) in [4.78, 5) is 19.8. The molecule has 6 nitrogen and oxygen atoms in total. The van der Waals surface area contributed by atoms with Gasteiger partial charge in [0.25, 0.3) is 5.56 Å². The molecule has 2 aliphatic rings. The molecule has 0 unspecified atom stereocenters. The number of nitrogens with zero attached hydrogens (tertiary/aromatic N) is 3. The van der Waals surface area contributed by atoms with E-state index in [9.17, 15) is 4.79 Å². The molecule has 5 rings (SSSR count). The van der Waals surface area contributed by atoms with Crippen LogP contribution in [0.4, 0.5) is 4.39 Å². The Morgan fingerprint density at radius 2 is 1.89 bits per heavy atom. The molecule has 2 aliphatic heterocycles. The Bertz CT molecular complexity index is 1230. The molecule has 1 N–H and O–H groups in total. The molecule has 7 heteroatoms. The first kappa shape index (κ1) is 24.9. The van der Waals surface area contributed by atoms with Crippen LogP contribution < -0.4 is 15.6 Å². The van der Waals surface area contributed by atoms with E-state index in [1.165, 1.54) is 18.9 Å². The van der Waals surface area contributed by atoms with Gasteiger partial charge in [-0.3, -0.25) is 9.78 Å². The van der Waals surface area contributed by atoms with Crippen molar-refractivity contribution in [1.82, 2.24) is 19.8 Å². The van der Waals surface area contributed by atoms with Crippen LogP contribution >= 0.6 is 0 Å². The number of halogens is 1. The first-order valence-corrected chi connectivity index (χ1v) is 13.5. The molecule has 0 spiro atoms. The second-order valence-corrected chi connectivity index (χ2v) is 10.2. The molecule has 3 aromatic rings. The van der Waals surface area contributed by atoms with Gasteiger partial charge in [-0.2, -0.15) is 0 Å². The molecular formula is C29H37FN4O2. The van der Waals surface area contributed by atoms with Gasteiger partial charge in [0.1, 0.15) is 6.10 Å². The minimum Gasteiger partial charge on any atom is -0.487 e. The lowest BCUT2D eigenvalue weighted by atomic mass is 9.96. The Balaban J connectivity index is 1.39. The van der Waals surface area contributed by atoms with E-state index in [1.807, 2.05) is 18.3 Å². The number of unbranched alkanes of at least 4 members (excludes halogenated alkanes) is 1. The van der Waals surface area contributed by atoms with Crippen molar-refractivity contribution in [2.24, 2.45) is 5.92 Å². The minimum atomic E-state index is -0.363. The van der Waals surface area contributed by atoms with Crippen molar-refractivity contribution in [3.63, 3.8) is 0 Å². The van der Waals surface area contributed by atoms with Crippen molar-refractivity contribution in [2.45, 2.75) is 58.1 Å². The van der Waals surface area contributed by atoms with Gasteiger partial charge < -0.3 is 19.5 Å². The quantitative estimate of drug-likeness (QED) is 0.487. The SMILES string of the molecule is CCCCn1cc(-c2cccc(F)c2OC2CCN(CC3CCNCC3)CC2)c2ccncc2c1=O. The summed E-state index contributed by atoms with van der Waals surface area (Å²) in [5, 5.41) is 4.76. The lowest BCUT2D eigenvalue weighted by molar-refractivity contribution is 0.0849. The zero-order valence-electron chi connectivity index (χ0n) is 21.2. The van der Waals surface area contributed by atoms with Crippen LogP contribution in [-0.2, 0) is 6.54 Å². The number of piperidine rings is 2. The molecule has 0 bridgehead atoms. The van der Waals surface area contributed by atoms with Gasteiger partial charge in [0.2, 0.25) is 0 Å². The zero-order chi connectivity index (χ0) is 24.9. The van der Waals surface area contributed by atoms with Crippen molar-refractivity contribution in [3.05, 3.63) is 59.0 Å². The third kappa shape index (κ3) is 5.47. The monoisotopic (exact) mass is 492 g/mol. The molecular weight excluding hydrogens is 455 g/mol. The van der Waals surface area contributed by atoms with E-state index in [1.54, 1.807) is 23.0 Å². The Kier molecular flexibility index (Phi) is 7.97. The number of aryl methyl sites for hydroxylation is 1. The van der Waals surface area contributed by atoms with E-state index >= 15 is 4.39 Å². The van der Waals surface area contributed by atoms with E-state index in [0.717, 1.165) is 75.3 Å². The fourth-order valence-corrected chi connectivity index (χ4v) is 5.59. The van der Waals surface area contributed by atoms with Crippen LogP contribution in [0.3, 0.4) is 0 Å². The van der Waals surface area contributed by atoms with Gasteiger partial charge in [0, 0.05) is 55.9 Å². The summed E-state index contributed by atoms with van der Waals surface area (Å²) in [6.45, 7) is 8.08. The normalized spacial score (nSPS) is 18.1. The summed E-state index contributed by atoms with van der Waals surface area (Å²) in [5.41, 5.74) is 1.44. The molecule has 2 fully saturated rings. The molecule has 2 aromatic heterocycles. The summed E-state index contributed by atoms with van der Waals surface area (Å²) < 4.78 is 23.4. The molecule has 4 heterocycles. The molecule has 192 valence electrons. The number of hydrogen-bond donors (Lipinski definition) is 1. The van der Waals surface area contributed by atoms with E-state index in [0.29, 0.717) is 17.5 Å². The second kappa shape index (κ2) is 11.5. The van der Waals surface area contributed by atoms with Gasteiger partial charge in [-0.25, -0.2) is 4.39 Å². The largest absolute Gasteiger partial charge is 0.487 e. The van der Waals surface area contributed by atoms with Crippen LogP contribution in [0.1, 0.15) is 45.4 Å². The van der Waals surface area contributed by atoms with E-state index in [2.05, 4.69) is 22.1 Å². The topological polar surface area (TPSA) is 59.4 Å². The van der Waals surface area contributed by atoms with Gasteiger partial charge in [-0.1, -0.05) is 25.5 Å². The Hall–Kier alpha value is -2.77. The third-order valence-corrected chi connectivity index (χ3v) is 7.69. The Morgan fingerprint density at radius 1 is 1.08 bits per heavy atom. The standard InChI is InChI=1S/C29H37FN4O2/c1-2-3-15-34-20-26(23-9-14-32-18-25(23)29(34)35)24-5-4-6-27(30)28(24)36-22-10-16-33(17-11-22)19-21-7-12-31-13-8-21/h4-6,9,14,18,20-22,31H,2-3,7-8,10-13,15-17,19H2,1H3. The lowest BCUT2D eigenvalue weighted by Gasteiger charge is -2.35. The van der Waals surface area contributed by atoms with E-state index < -0.39 is 0 Å². The number of hydrogen-bond acceptors (Lipinski definition) is 5. The van der Waals surface area contributed by atoms with Crippen LogP contribution in [0.15, 0.2) is 47.7 Å². The molecule has 0 atom stereocenters. The van der Waals surface area contributed by atoms with Crippen molar-refractivity contribution in [3.8, 4) is 16.9 Å². The zero-order valence-corrected chi connectivity index (χ0v) is 21.2. The number of likely N-dealkylation sites (tertiary alicyclic amines) is 1. The molecule has 0 amide bonds. The summed E-state index contributed by atoms with van der Waals surface area (Å²) >= 11 is 0. The fraction of sp³-hybridized carbons (Fsp3) is 0.517. The van der Waals surface area contributed by atoms with Crippen molar-refractivity contribution in [1.29, 1.82) is 0 Å². The minimum absolute atomic E-state index is 0.0242. The number of rotatable bonds is 8. The van der Waals surface area contributed by atoms with Gasteiger partial charge in [-0.05, 0) is 68.6 Å². The maximum Gasteiger partial charge on any atom is 0.260 e. The van der Waals surface area contributed by atoms with Gasteiger partial charge in [0.15, 0.2) is 11.6 Å². The number of para-hydroxylation sites is 1. The number of nitrogens with one attached hydrogen (secondary N) is 1. The number of fused-ring (bicyclic) bond motifs is 1. The predicted molar refractivity (Wildman–Crippen MR) is 142 cm³/mol. The maximum absolute atomic E-state index is 15.2. The number of ether oxygens (including phenoxy) is 1. The average Bonchev–Trinajstić information content (AvgIpc) is 2.91. The molecule has 1 aromatic carbocycles. The highest BCUT2D eigenvalue weighted by atomic mass is 19.1. The maximum atomic E-state index is 15.2. The third-order valence-electron chi connectivity index (χ3n) is 7.69. The smallest absolute Gasteiger partial charge is 0.260 e. The highest BCUT2D eigenvalue weighted by Gasteiger charge is 2.26. The van der Waals surface area contributed by atoms with Crippen LogP contribution in [0, 0.1) is 11.7 Å². The number of benzene rings is 1. The molecule has 0 aliphatic carbocycles. The Labute approximate surface area is 212 Å². The highest BCUT2D eigenvalue weighted by molar-refractivity contribution is 5.96. The highest BCUT2D eigenvalue weighted by Crippen LogP contribution is 2.37. The lowest BCUT2D eigenvalue weighted by Crippen LogP contribution is -2.42. The van der Waals surface area contributed by atoms with Crippen LogP contribution in [0.25, 0.3) is 21.9 Å². The number of pyridine rings is 2. The first-order valence-electron chi connectivity index (χ1n) is 13.5. The Morgan fingerprint density at radius 3 is 2.67 bits per heavy atom. The van der Waals surface area contributed by atoms with E-state index in [-0.39, 0.29) is 23.2 Å². The van der Waals surface area contributed by atoms with Gasteiger partial charge in [-0.15, -0.1) is 0 Å². The van der Waals surface area contributed by atoms with Crippen LogP contribution in [0.2, 0.25) is 0 Å². The number of aromatic nitrogens is 2. The summed E-state index contributed by atoms with van der Waals surface area (Å²) in [7, 11) is 0. The van der Waals surface area contributed by atoms with Crippen molar-refractivity contribution < 1.29 is 9.13 Å².